The molecule has 1 heterocycles. The number of fused-ring (bicyclic) bond motifs is 1. The number of rotatable bonds is 19. The predicted octanol–water partition coefficient (Wildman–Crippen LogP) is 7.08. The molecule has 5 aromatic rings. The van der Waals surface area contributed by atoms with Crippen LogP contribution < -0.4 is 10.6 Å². The highest BCUT2D eigenvalue weighted by Crippen LogP contribution is 2.28. The van der Waals surface area contributed by atoms with Gasteiger partial charge in [0.05, 0.1) is 17.5 Å². The predicted molar refractivity (Wildman–Crippen MR) is 213 cm³/mol. The van der Waals surface area contributed by atoms with Crippen LogP contribution in [0.4, 0.5) is 11.5 Å². The van der Waals surface area contributed by atoms with Gasteiger partial charge in [0.1, 0.15) is 5.82 Å². The van der Waals surface area contributed by atoms with Crippen LogP contribution in [0, 0.1) is 0 Å². The maximum atomic E-state index is 13.8. The van der Waals surface area contributed by atoms with E-state index in [-0.39, 0.29) is 41.9 Å². The summed E-state index contributed by atoms with van der Waals surface area (Å²) in [6.07, 6.45) is 3.17. The van der Waals surface area contributed by atoms with E-state index in [1.807, 2.05) is 78.9 Å². The molecule has 0 aliphatic heterocycles. The second kappa shape index (κ2) is 19.2. The molecule has 0 fully saturated rings. The number of carbonyl (C=O) groups excluding carboxylic acids is 3. The number of carboxylic acid groups (broad SMARTS) is 2. The fraction of sp³-hybridized carbons (Fsp3) is 0.279. The van der Waals surface area contributed by atoms with Crippen molar-refractivity contribution < 1.29 is 34.2 Å². The Kier molecular flexibility index (Phi) is 13.9. The number of H-pyrrole nitrogens is 1. The summed E-state index contributed by atoms with van der Waals surface area (Å²) in [5, 5.41) is 24.6. The SMILES string of the molecule is CCCN(CCN(C)C(=O)CCC(=O)O)Cc1cccc(C(=O)Nc2[nH]c3ccccc3c2C(=O)Nc2ccc(CCCc3ccc(C(=O)O)cc3)cc2)c1. The van der Waals surface area contributed by atoms with E-state index in [1.54, 1.807) is 30.1 Å². The normalized spacial score (nSPS) is 11.0. The van der Waals surface area contributed by atoms with Crippen molar-refractivity contribution in [1.29, 1.82) is 0 Å². The number of likely N-dealkylation sites (N-methyl/N-ethyl adjacent to an activating group) is 1. The summed E-state index contributed by atoms with van der Waals surface area (Å²) in [5.74, 6) is -2.63. The van der Waals surface area contributed by atoms with E-state index in [9.17, 15) is 24.0 Å². The van der Waals surface area contributed by atoms with Gasteiger partial charge < -0.3 is 30.7 Å². The number of carbonyl (C=O) groups is 5. The highest BCUT2D eigenvalue weighted by molar-refractivity contribution is 6.19. The lowest BCUT2D eigenvalue weighted by molar-refractivity contribution is -0.140. The molecule has 0 aliphatic carbocycles. The Hall–Kier alpha value is -6.27. The van der Waals surface area contributed by atoms with E-state index in [1.165, 1.54) is 0 Å². The summed E-state index contributed by atoms with van der Waals surface area (Å²) in [7, 11) is 1.67. The molecule has 12 heteroatoms. The third-order valence-corrected chi connectivity index (χ3v) is 9.38. The summed E-state index contributed by atoms with van der Waals surface area (Å²) in [5.41, 5.74) is 5.41. The van der Waals surface area contributed by atoms with Crippen LogP contribution in [-0.2, 0) is 29.0 Å². The van der Waals surface area contributed by atoms with E-state index in [0.717, 1.165) is 48.9 Å². The van der Waals surface area contributed by atoms with Gasteiger partial charge in [-0.15, -0.1) is 0 Å². The van der Waals surface area contributed by atoms with Crippen LogP contribution in [-0.4, -0.2) is 81.3 Å². The number of aromatic amines is 1. The van der Waals surface area contributed by atoms with Crippen molar-refractivity contribution in [2.24, 2.45) is 0 Å². The molecule has 0 aliphatic rings. The van der Waals surface area contributed by atoms with Crippen LogP contribution in [0.3, 0.4) is 0 Å². The Bertz CT molecular complexity index is 2130. The zero-order valence-corrected chi connectivity index (χ0v) is 31.1. The van der Waals surface area contributed by atoms with Gasteiger partial charge in [-0.1, -0.05) is 61.5 Å². The number of carboxylic acids is 2. The van der Waals surface area contributed by atoms with E-state index in [4.69, 9.17) is 10.2 Å². The molecule has 0 saturated heterocycles. The number of aliphatic carboxylic acids is 1. The molecule has 5 rings (SSSR count). The van der Waals surface area contributed by atoms with Gasteiger partial charge in [0.25, 0.3) is 11.8 Å². The maximum Gasteiger partial charge on any atom is 0.335 e. The number of nitrogens with one attached hydrogen (secondary N) is 3. The minimum atomic E-state index is -1.00. The maximum absolute atomic E-state index is 13.8. The molecule has 0 unspecified atom stereocenters. The zero-order valence-electron chi connectivity index (χ0n) is 31.1. The Morgan fingerprint density at radius 1 is 0.691 bits per heavy atom. The van der Waals surface area contributed by atoms with Crippen LogP contribution in [0.5, 0.6) is 0 Å². The van der Waals surface area contributed by atoms with Crippen molar-refractivity contribution in [3.05, 3.63) is 130 Å². The van der Waals surface area contributed by atoms with E-state index < -0.39 is 11.9 Å². The second-order valence-corrected chi connectivity index (χ2v) is 13.6. The van der Waals surface area contributed by atoms with Gasteiger partial charge >= 0.3 is 11.9 Å². The molecule has 3 amide bonds. The third kappa shape index (κ3) is 11.4. The fourth-order valence-corrected chi connectivity index (χ4v) is 6.39. The number of anilines is 2. The average Bonchev–Trinajstić information content (AvgIpc) is 3.54. The van der Waals surface area contributed by atoms with Gasteiger partial charge in [0, 0.05) is 55.3 Å². The smallest absolute Gasteiger partial charge is 0.335 e. The number of hydrogen-bond donors (Lipinski definition) is 5. The van der Waals surface area contributed by atoms with Crippen molar-refractivity contribution in [3.63, 3.8) is 0 Å². The van der Waals surface area contributed by atoms with Crippen LogP contribution in [0.25, 0.3) is 10.9 Å². The second-order valence-electron chi connectivity index (χ2n) is 13.6. The van der Waals surface area contributed by atoms with Gasteiger partial charge in [-0.2, -0.15) is 0 Å². The molecule has 4 aromatic carbocycles. The van der Waals surface area contributed by atoms with E-state index >= 15 is 0 Å². The number of aromatic nitrogens is 1. The Morgan fingerprint density at radius 3 is 2.05 bits per heavy atom. The van der Waals surface area contributed by atoms with Crippen LogP contribution in [0.15, 0.2) is 97.1 Å². The number of benzene rings is 4. The van der Waals surface area contributed by atoms with Crippen molar-refractivity contribution >= 4 is 52.1 Å². The number of aryl methyl sites for hydroxylation is 2. The molecule has 286 valence electrons. The summed E-state index contributed by atoms with van der Waals surface area (Å²) in [6.45, 7) is 4.42. The van der Waals surface area contributed by atoms with Gasteiger partial charge in [0.15, 0.2) is 0 Å². The number of amides is 3. The Balaban J connectivity index is 1.21. The summed E-state index contributed by atoms with van der Waals surface area (Å²) >= 11 is 0. The Labute approximate surface area is 320 Å². The molecule has 0 radical (unpaired) electrons. The lowest BCUT2D eigenvalue weighted by Gasteiger charge is -2.25. The number of para-hydroxylation sites is 1. The molecule has 0 spiro atoms. The molecule has 0 saturated carbocycles. The number of nitrogens with zero attached hydrogens (tertiary/aromatic N) is 2. The molecule has 12 nitrogen and oxygen atoms in total. The highest BCUT2D eigenvalue weighted by Gasteiger charge is 2.21. The minimum absolute atomic E-state index is 0.0399. The van der Waals surface area contributed by atoms with Gasteiger partial charge in [-0.3, -0.25) is 24.1 Å². The quantitative estimate of drug-likeness (QED) is 0.0597. The van der Waals surface area contributed by atoms with Crippen molar-refractivity contribution in [2.45, 2.75) is 52.0 Å². The van der Waals surface area contributed by atoms with Gasteiger partial charge in [-0.05, 0) is 91.4 Å². The van der Waals surface area contributed by atoms with Crippen molar-refractivity contribution in [2.75, 3.05) is 37.3 Å². The van der Waals surface area contributed by atoms with Gasteiger partial charge in [-0.25, -0.2) is 4.79 Å². The van der Waals surface area contributed by atoms with Crippen LogP contribution >= 0.6 is 0 Å². The highest BCUT2D eigenvalue weighted by atomic mass is 16.4. The molecule has 0 atom stereocenters. The first-order valence-electron chi connectivity index (χ1n) is 18.4. The minimum Gasteiger partial charge on any atom is -0.481 e. The monoisotopic (exact) mass is 745 g/mol. The largest absolute Gasteiger partial charge is 0.481 e. The molecular weight excluding hydrogens is 699 g/mol. The third-order valence-electron chi connectivity index (χ3n) is 9.38. The first-order valence-corrected chi connectivity index (χ1v) is 18.4. The zero-order chi connectivity index (χ0) is 39.3. The van der Waals surface area contributed by atoms with Gasteiger partial charge in [0.2, 0.25) is 5.91 Å². The van der Waals surface area contributed by atoms with Crippen molar-refractivity contribution in [3.8, 4) is 0 Å². The molecule has 55 heavy (non-hydrogen) atoms. The Morgan fingerprint density at radius 2 is 1.38 bits per heavy atom. The first-order chi connectivity index (χ1) is 26.5. The van der Waals surface area contributed by atoms with Crippen molar-refractivity contribution in [1.82, 2.24) is 14.8 Å². The first kappa shape index (κ1) is 39.9. The number of aromatic carboxylic acids is 1. The molecule has 5 N–H and O–H groups in total. The van der Waals surface area contributed by atoms with E-state index in [0.29, 0.717) is 47.4 Å². The van der Waals surface area contributed by atoms with Crippen LogP contribution in [0.2, 0.25) is 0 Å². The summed E-state index contributed by atoms with van der Waals surface area (Å²) < 4.78 is 0. The molecular formula is C43H47N5O7. The summed E-state index contributed by atoms with van der Waals surface area (Å²) in [6, 6.07) is 29.2. The number of hydrogen-bond acceptors (Lipinski definition) is 6. The molecule has 1 aromatic heterocycles. The molecule has 0 bridgehead atoms. The van der Waals surface area contributed by atoms with Crippen LogP contribution in [0.1, 0.15) is 80.4 Å². The topological polar surface area (TPSA) is 172 Å². The lowest BCUT2D eigenvalue weighted by Crippen LogP contribution is -2.36. The lowest BCUT2D eigenvalue weighted by atomic mass is 10.0. The summed E-state index contributed by atoms with van der Waals surface area (Å²) in [4.78, 5) is 68.7. The fourth-order valence-electron chi connectivity index (χ4n) is 6.39. The average molecular weight is 746 g/mol. The van der Waals surface area contributed by atoms with E-state index in [2.05, 4.69) is 27.4 Å². The standard InChI is InChI=1S/C43H47N5O7/c1-3-24-48(26-25-47(2)37(49)22-23-38(50)51)28-31-10-7-11-33(27-31)41(52)46-40-39(35-12-4-5-13-36(35)45-40)42(53)44-34-20-16-30(17-21-34)9-6-8-29-14-18-32(19-15-29)43(54)55/h4-5,7,10-21,27,45H,3,6,8-9,22-26,28H2,1-2H3,(H,44,53)(H,46,52)(H,50,51)(H,54,55).